The highest BCUT2D eigenvalue weighted by molar-refractivity contribution is 7.80. The summed E-state index contributed by atoms with van der Waals surface area (Å²) in [4.78, 5) is 0. The third-order valence-corrected chi connectivity index (χ3v) is 8.72. The van der Waals surface area contributed by atoms with Crippen LogP contribution in [0.1, 0.15) is 84.6 Å². The molecule has 0 saturated heterocycles. The Morgan fingerprint density at radius 2 is 2.03 bits per heavy atom. The van der Waals surface area contributed by atoms with Gasteiger partial charge < -0.3 is 4.42 Å². The maximum absolute atomic E-state index is 11.2. The fourth-order valence-electron chi connectivity index (χ4n) is 5.95. The second-order valence-electron chi connectivity index (χ2n) is 10.8. The molecule has 3 rings (SSSR count). The van der Waals surface area contributed by atoms with E-state index in [2.05, 4.69) is 33.8 Å². The van der Waals surface area contributed by atoms with E-state index in [9.17, 15) is 8.42 Å². The number of allylic oxidation sites excluding steroid dienone is 2. The van der Waals surface area contributed by atoms with Crippen LogP contribution in [0.2, 0.25) is 0 Å². The Bertz CT molecular complexity index is 839. The molecular formula is C25H40O5S. The van der Waals surface area contributed by atoms with Crippen LogP contribution in [0.15, 0.2) is 34.7 Å². The largest absolute Gasteiger partial charge is 0.472 e. The summed E-state index contributed by atoms with van der Waals surface area (Å²) in [6, 6.07) is 1.96. The van der Waals surface area contributed by atoms with Gasteiger partial charge in [-0.3, -0.25) is 4.55 Å². The zero-order valence-corrected chi connectivity index (χ0v) is 20.4. The van der Waals surface area contributed by atoms with Crippen LogP contribution in [0.3, 0.4) is 0 Å². The number of rotatable bonds is 10. The van der Waals surface area contributed by atoms with Gasteiger partial charge in [-0.15, -0.1) is 0 Å². The second-order valence-corrected chi connectivity index (χ2v) is 11.9. The quantitative estimate of drug-likeness (QED) is 0.319. The zero-order valence-electron chi connectivity index (χ0n) is 19.6. The molecule has 5 nitrogen and oxygen atoms in total. The van der Waals surface area contributed by atoms with E-state index in [-0.39, 0.29) is 17.9 Å². The molecular weight excluding hydrogens is 412 g/mol. The Labute approximate surface area is 188 Å². The molecule has 1 heterocycles. The lowest BCUT2D eigenvalue weighted by atomic mass is 9.52. The summed E-state index contributed by atoms with van der Waals surface area (Å²) in [5.74, 6) is 1.35. The van der Waals surface area contributed by atoms with Crippen molar-refractivity contribution in [2.75, 3.05) is 6.61 Å². The van der Waals surface area contributed by atoms with Gasteiger partial charge in [0.1, 0.15) is 0 Å². The lowest BCUT2D eigenvalue weighted by molar-refractivity contribution is 0.0728. The van der Waals surface area contributed by atoms with Gasteiger partial charge in [-0.2, -0.15) is 8.42 Å². The predicted molar refractivity (Wildman–Crippen MR) is 123 cm³/mol. The van der Waals surface area contributed by atoms with Gasteiger partial charge in [0.2, 0.25) is 0 Å². The summed E-state index contributed by atoms with van der Waals surface area (Å²) >= 11 is 0. The van der Waals surface area contributed by atoms with Crippen LogP contribution in [-0.4, -0.2) is 19.6 Å². The molecule has 0 aromatic carbocycles. The van der Waals surface area contributed by atoms with Gasteiger partial charge in [-0.25, -0.2) is 4.18 Å². The van der Waals surface area contributed by atoms with Crippen molar-refractivity contribution in [3.63, 3.8) is 0 Å². The topological polar surface area (TPSA) is 76.7 Å². The van der Waals surface area contributed by atoms with E-state index in [1.807, 2.05) is 6.07 Å². The Kier molecular flexibility index (Phi) is 7.75. The number of fused-ring (bicyclic) bond motifs is 1. The highest BCUT2D eigenvalue weighted by Crippen LogP contribution is 2.58. The molecule has 0 amide bonds. The molecule has 1 unspecified atom stereocenters. The molecule has 1 N–H and O–H groups in total. The fourth-order valence-corrected chi connectivity index (χ4v) is 6.32. The average Bonchev–Trinajstić information content (AvgIpc) is 3.19. The molecule has 2 aliphatic carbocycles. The molecule has 176 valence electrons. The minimum absolute atomic E-state index is 0.0443. The number of aryl methyl sites for hydroxylation is 1. The number of furan rings is 1. The minimum Gasteiger partial charge on any atom is -0.472 e. The summed E-state index contributed by atoms with van der Waals surface area (Å²) < 4.78 is 41.4. The second kappa shape index (κ2) is 9.80. The molecule has 0 spiro atoms. The van der Waals surface area contributed by atoms with E-state index < -0.39 is 10.4 Å². The molecule has 2 aliphatic rings. The van der Waals surface area contributed by atoms with Gasteiger partial charge in [0, 0.05) is 0 Å². The minimum atomic E-state index is -4.42. The highest BCUT2D eigenvalue weighted by Gasteiger charge is 2.47. The first-order valence-electron chi connectivity index (χ1n) is 11.8. The summed E-state index contributed by atoms with van der Waals surface area (Å²) in [5, 5.41) is 0. The molecule has 4 atom stereocenters. The van der Waals surface area contributed by atoms with E-state index in [0.29, 0.717) is 17.3 Å². The third kappa shape index (κ3) is 6.23. The van der Waals surface area contributed by atoms with E-state index in [0.717, 1.165) is 44.1 Å². The van der Waals surface area contributed by atoms with E-state index >= 15 is 0 Å². The number of hydrogen-bond donors (Lipinski definition) is 1. The monoisotopic (exact) mass is 452 g/mol. The summed E-state index contributed by atoms with van der Waals surface area (Å²) in [7, 11) is -4.42. The van der Waals surface area contributed by atoms with E-state index in [1.54, 1.807) is 18.1 Å². The summed E-state index contributed by atoms with van der Waals surface area (Å²) in [6.07, 6.45) is 15.5. The van der Waals surface area contributed by atoms with Crippen LogP contribution in [0.25, 0.3) is 0 Å². The van der Waals surface area contributed by atoms with Crippen molar-refractivity contribution in [1.82, 2.24) is 0 Å². The van der Waals surface area contributed by atoms with Crippen molar-refractivity contribution in [3.05, 3.63) is 35.8 Å². The summed E-state index contributed by atoms with van der Waals surface area (Å²) in [6.45, 7) is 9.67. The lowest BCUT2D eigenvalue weighted by Gasteiger charge is -2.53. The maximum atomic E-state index is 11.2. The Hall–Kier alpha value is -1.11. The van der Waals surface area contributed by atoms with Crippen molar-refractivity contribution < 1.29 is 21.6 Å². The predicted octanol–water partition coefficient (Wildman–Crippen LogP) is 6.62. The van der Waals surface area contributed by atoms with Gasteiger partial charge in [0.25, 0.3) is 0 Å². The van der Waals surface area contributed by atoms with Crippen LogP contribution >= 0.6 is 0 Å². The smallest absolute Gasteiger partial charge is 0.397 e. The van der Waals surface area contributed by atoms with Gasteiger partial charge >= 0.3 is 10.4 Å². The van der Waals surface area contributed by atoms with Crippen molar-refractivity contribution in [3.8, 4) is 0 Å². The first kappa shape index (κ1) is 24.5. The molecule has 1 fully saturated rings. The molecule has 0 radical (unpaired) electrons. The maximum Gasteiger partial charge on any atom is 0.397 e. The Balaban J connectivity index is 1.67. The molecule has 1 aromatic heterocycles. The lowest BCUT2D eigenvalue weighted by Crippen LogP contribution is -2.43. The summed E-state index contributed by atoms with van der Waals surface area (Å²) in [5.41, 5.74) is 3.28. The van der Waals surface area contributed by atoms with Crippen LogP contribution < -0.4 is 0 Å². The first-order valence-corrected chi connectivity index (χ1v) is 13.2. The normalized spacial score (nSPS) is 29.3. The fraction of sp³-hybridized carbons (Fsp3) is 0.760. The van der Waals surface area contributed by atoms with Gasteiger partial charge in [-0.1, -0.05) is 39.3 Å². The van der Waals surface area contributed by atoms with Crippen molar-refractivity contribution >= 4 is 10.4 Å². The molecule has 0 aliphatic heterocycles. The van der Waals surface area contributed by atoms with E-state index in [4.69, 9.17) is 13.2 Å². The molecule has 31 heavy (non-hydrogen) atoms. The van der Waals surface area contributed by atoms with Gasteiger partial charge in [-0.05, 0) is 98.0 Å². The number of hydrogen-bond acceptors (Lipinski definition) is 4. The van der Waals surface area contributed by atoms with Crippen molar-refractivity contribution in [2.45, 2.75) is 85.5 Å². The van der Waals surface area contributed by atoms with Crippen LogP contribution in [0.5, 0.6) is 0 Å². The SMILES string of the molecule is C[C@@H]1CC[C@H]2C(=CCCC2(C)C)[C@@]1(C)CCC(CCCc1ccoc1)COS(=O)(=O)O. The molecule has 0 bridgehead atoms. The van der Waals surface area contributed by atoms with E-state index in [1.165, 1.54) is 19.3 Å². The van der Waals surface area contributed by atoms with Crippen LogP contribution in [0.4, 0.5) is 0 Å². The van der Waals surface area contributed by atoms with Crippen molar-refractivity contribution in [2.24, 2.45) is 28.6 Å². The first-order chi connectivity index (χ1) is 14.5. The molecule has 1 saturated carbocycles. The van der Waals surface area contributed by atoms with Crippen LogP contribution in [-0.2, 0) is 21.0 Å². The van der Waals surface area contributed by atoms with Crippen LogP contribution in [0, 0.1) is 28.6 Å². The Morgan fingerprint density at radius 3 is 2.71 bits per heavy atom. The highest BCUT2D eigenvalue weighted by atomic mass is 32.3. The van der Waals surface area contributed by atoms with Gasteiger partial charge in [0.15, 0.2) is 0 Å². The molecule has 6 heteroatoms. The Morgan fingerprint density at radius 1 is 1.26 bits per heavy atom. The third-order valence-electron chi connectivity index (χ3n) is 8.29. The average molecular weight is 453 g/mol. The van der Waals surface area contributed by atoms with Gasteiger partial charge in [0.05, 0.1) is 19.1 Å². The zero-order chi connectivity index (χ0) is 22.7. The standard InChI is InChI=1S/C25H40O5S/c1-19-10-11-22-23(9-6-14-24(22,2)3)25(19,4)15-12-20(18-30-31(26,27)28)7-5-8-21-13-16-29-17-21/h9,13,16-17,19-20,22H,5-8,10-12,14-15,18H2,1-4H3,(H,26,27,28)/t19-,20?,22+,25+/m1/s1. The molecule has 1 aromatic rings. The van der Waals surface area contributed by atoms with Crippen molar-refractivity contribution in [1.29, 1.82) is 0 Å².